The largest absolute Gasteiger partial charge is 0.384 e. The zero-order valence-corrected chi connectivity index (χ0v) is 10.3. The van der Waals surface area contributed by atoms with Crippen LogP contribution in [0, 0.1) is 12.7 Å². The molecule has 17 heavy (non-hydrogen) atoms. The number of nitrogen functional groups attached to an aromatic ring is 1. The van der Waals surface area contributed by atoms with Gasteiger partial charge in [-0.25, -0.2) is 4.39 Å². The molecule has 0 fully saturated rings. The Bertz CT molecular complexity index is 558. The van der Waals surface area contributed by atoms with Gasteiger partial charge in [-0.15, -0.1) is 0 Å². The smallest absolute Gasteiger partial charge is 0.126 e. The third-order valence-corrected chi connectivity index (χ3v) is 2.99. The number of nitrogens with zero attached hydrogens (tertiary/aromatic N) is 2. The quantitative estimate of drug-likeness (QED) is 0.866. The molecule has 0 spiro atoms. The fraction of sp³-hybridized carbons (Fsp3) is 0.308. The molecular weight excluding hydrogens is 217 g/mol. The summed E-state index contributed by atoms with van der Waals surface area (Å²) in [6.45, 7) is 3.76. The first-order chi connectivity index (χ1) is 8.04. The van der Waals surface area contributed by atoms with Crippen LogP contribution < -0.4 is 5.73 Å². The number of aryl methyl sites for hydroxylation is 2. The van der Waals surface area contributed by atoms with E-state index in [1.165, 1.54) is 6.07 Å². The van der Waals surface area contributed by atoms with Crippen LogP contribution in [0.5, 0.6) is 0 Å². The van der Waals surface area contributed by atoms with Crippen LogP contribution in [0.25, 0.3) is 11.3 Å². The minimum atomic E-state index is -0.214. The van der Waals surface area contributed by atoms with Crippen molar-refractivity contribution in [2.75, 3.05) is 5.73 Å². The molecule has 2 rings (SSSR count). The number of anilines is 1. The maximum Gasteiger partial charge on any atom is 0.126 e. The van der Waals surface area contributed by atoms with E-state index in [9.17, 15) is 4.39 Å². The maximum atomic E-state index is 13.5. The fourth-order valence-electron chi connectivity index (χ4n) is 1.90. The van der Waals surface area contributed by atoms with E-state index in [-0.39, 0.29) is 5.82 Å². The molecule has 2 N–H and O–H groups in total. The van der Waals surface area contributed by atoms with Crippen LogP contribution in [-0.4, -0.2) is 9.78 Å². The Balaban J connectivity index is 2.60. The molecule has 90 valence electrons. The first kappa shape index (κ1) is 11.6. The van der Waals surface area contributed by atoms with Crippen LogP contribution in [0.3, 0.4) is 0 Å². The molecule has 1 aromatic carbocycles. The Morgan fingerprint density at radius 3 is 2.71 bits per heavy atom. The minimum absolute atomic E-state index is 0.214. The van der Waals surface area contributed by atoms with Gasteiger partial charge in [0.2, 0.25) is 0 Å². The lowest BCUT2D eigenvalue weighted by atomic mass is 10.0. The lowest BCUT2D eigenvalue weighted by Gasteiger charge is -2.02. The van der Waals surface area contributed by atoms with Gasteiger partial charge in [-0.05, 0) is 25.0 Å². The van der Waals surface area contributed by atoms with Gasteiger partial charge in [0.05, 0.1) is 5.69 Å². The van der Waals surface area contributed by atoms with Gasteiger partial charge in [0, 0.05) is 18.2 Å². The highest BCUT2D eigenvalue weighted by Gasteiger charge is 2.14. The average molecular weight is 233 g/mol. The van der Waals surface area contributed by atoms with E-state index in [1.807, 2.05) is 13.0 Å². The summed E-state index contributed by atoms with van der Waals surface area (Å²) in [5.41, 5.74) is 9.07. The fourth-order valence-corrected chi connectivity index (χ4v) is 1.90. The number of halogens is 1. The Kier molecular flexibility index (Phi) is 2.88. The van der Waals surface area contributed by atoms with Crippen molar-refractivity contribution in [2.24, 2.45) is 7.05 Å². The number of benzene rings is 1. The molecule has 1 heterocycles. The second kappa shape index (κ2) is 4.20. The van der Waals surface area contributed by atoms with E-state index in [0.29, 0.717) is 11.4 Å². The summed E-state index contributed by atoms with van der Waals surface area (Å²) in [7, 11) is 1.79. The number of hydrogen-bond acceptors (Lipinski definition) is 2. The summed E-state index contributed by atoms with van der Waals surface area (Å²) >= 11 is 0. The molecule has 0 bridgehead atoms. The molecule has 4 heteroatoms. The highest BCUT2D eigenvalue weighted by molar-refractivity contribution is 5.68. The van der Waals surface area contributed by atoms with Crippen LogP contribution in [-0.2, 0) is 13.5 Å². The van der Waals surface area contributed by atoms with Gasteiger partial charge in [-0.2, -0.15) is 5.10 Å². The van der Waals surface area contributed by atoms with Gasteiger partial charge in [0.15, 0.2) is 0 Å². The standard InChI is InChI=1S/C13H16FN3/c1-4-10-12(16-17(3)13(10)15)9-6-5-8(2)11(14)7-9/h5-7H,4,15H2,1-3H3. The monoisotopic (exact) mass is 233 g/mol. The van der Waals surface area contributed by atoms with Crippen molar-refractivity contribution in [1.29, 1.82) is 0 Å². The number of hydrogen-bond donors (Lipinski definition) is 1. The second-order valence-corrected chi connectivity index (χ2v) is 4.15. The Labute approximate surface area is 100 Å². The zero-order chi connectivity index (χ0) is 12.6. The summed E-state index contributed by atoms with van der Waals surface area (Å²) in [6, 6.07) is 5.14. The highest BCUT2D eigenvalue weighted by Crippen LogP contribution is 2.28. The molecule has 0 unspecified atom stereocenters. The predicted octanol–water partition coefficient (Wildman–Crippen LogP) is 2.68. The van der Waals surface area contributed by atoms with Crippen molar-refractivity contribution < 1.29 is 4.39 Å². The van der Waals surface area contributed by atoms with Gasteiger partial charge >= 0.3 is 0 Å². The molecule has 0 atom stereocenters. The van der Waals surface area contributed by atoms with Crippen molar-refractivity contribution in [2.45, 2.75) is 20.3 Å². The molecule has 0 aliphatic rings. The first-order valence-electron chi connectivity index (χ1n) is 5.62. The molecule has 0 radical (unpaired) electrons. The van der Waals surface area contributed by atoms with E-state index in [2.05, 4.69) is 5.10 Å². The van der Waals surface area contributed by atoms with Crippen molar-refractivity contribution in [3.8, 4) is 11.3 Å². The van der Waals surface area contributed by atoms with E-state index >= 15 is 0 Å². The SMILES string of the molecule is CCc1c(-c2ccc(C)c(F)c2)nn(C)c1N. The Hall–Kier alpha value is -1.84. The molecule has 0 amide bonds. The van der Waals surface area contributed by atoms with Gasteiger partial charge < -0.3 is 5.73 Å². The van der Waals surface area contributed by atoms with E-state index in [1.54, 1.807) is 24.7 Å². The minimum Gasteiger partial charge on any atom is -0.384 e. The molecule has 2 aromatic rings. The molecule has 1 aromatic heterocycles. The van der Waals surface area contributed by atoms with Gasteiger partial charge in [-0.3, -0.25) is 4.68 Å². The number of aromatic nitrogens is 2. The van der Waals surface area contributed by atoms with E-state index in [4.69, 9.17) is 5.73 Å². The van der Waals surface area contributed by atoms with Crippen LogP contribution >= 0.6 is 0 Å². The summed E-state index contributed by atoms with van der Waals surface area (Å²) in [6.07, 6.45) is 0.782. The van der Waals surface area contributed by atoms with Crippen molar-refractivity contribution in [1.82, 2.24) is 9.78 Å². The normalized spacial score (nSPS) is 10.8. The van der Waals surface area contributed by atoms with Gasteiger partial charge in [-0.1, -0.05) is 19.1 Å². The second-order valence-electron chi connectivity index (χ2n) is 4.15. The predicted molar refractivity (Wildman–Crippen MR) is 67.1 cm³/mol. The summed E-state index contributed by atoms with van der Waals surface area (Å²) < 4.78 is 15.2. The molecular formula is C13H16FN3. The topological polar surface area (TPSA) is 43.8 Å². The molecule has 0 saturated heterocycles. The summed E-state index contributed by atoms with van der Waals surface area (Å²) in [5, 5.41) is 4.35. The van der Waals surface area contributed by atoms with E-state index < -0.39 is 0 Å². The van der Waals surface area contributed by atoms with Gasteiger partial charge in [0.1, 0.15) is 11.6 Å². The Morgan fingerprint density at radius 1 is 1.41 bits per heavy atom. The van der Waals surface area contributed by atoms with Gasteiger partial charge in [0.25, 0.3) is 0 Å². The lowest BCUT2D eigenvalue weighted by Crippen LogP contribution is -1.98. The molecule has 0 saturated carbocycles. The van der Waals surface area contributed by atoms with Crippen molar-refractivity contribution >= 4 is 5.82 Å². The number of rotatable bonds is 2. The highest BCUT2D eigenvalue weighted by atomic mass is 19.1. The molecule has 0 aliphatic carbocycles. The molecule has 0 aliphatic heterocycles. The van der Waals surface area contributed by atoms with Crippen LogP contribution in [0.2, 0.25) is 0 Å². The van der Waals surface area contributed by atoms with E-state index in [0.717, 1.165) is 23.2 Å². The Morgan fingerprint density at radius 2 is 2.12 bits per heavy atom. The third-order valence-electron chi connectivity index (χ3n) is 2.99. The number of nitrogens with two attached hydrogens (primary N) is 1. The van der Waals surface area contributed by atoms with Crippen molar-refractivity contribution in [3.05, 3.63) is 35.1 Å². The summed E-state index contributed by atoms with van der Waals surface area (Å²) in [4.78, 5) is 0. The van der Waals surface area contributed by atoms with Crippen molar-refractivity contribution in [3.63, 3.8) is 0 Å². The average Bonchev–Trinajstić information content (AvgIpc) is 2.59. The first-order valence-corrected chi connectivity index (χ1v) is 5.62. The lowest BCUT2D eigenvalue weighted by molar-refractivity contribution is 0.619. The van der Waals surface area contributed by atoms with Crippen LogP contribution in [0.4, 0.5) is 10.2 Å². The zero-order valence-electron chi connectivity index (χ0n) is 10.3. The van der Waals surface area contributed by atoms with Crippen LogP contribution in [0.15, 0.2) is 18.2 Å². The molecule has 3 nitrogen and oxygen atoms in total. The third kappa shape index (κ3) is 1.90. The summed E-state index contributed by atoms with van der Waals surface area (Å²) in [5.74, 6) is 0.428. The van der Waals surface area contributed by atoms with Crippen LogP contribution in [0.1, 0.15) is 18.1 Å². The maximum absolute atomic E-state index is 13.5.